The molecule has 1 fully saturated rings. The highest BCUT2D eigenvalue weighted by molar-refractivity contribution is 7.10. The number of hydrogen-bond acceptors (Lipinski definition) is 2. The monoisotopic (exact) mass is 261 g/mol. The largest absolute Gasteiger partial charge is 0.377 e. The molecule has 0 radical (unpaired) electrons. The first-order valence-electron chi connectivity index (χ1n) is 6.29. The van der Waals surface area contributed by atoms with Gasteiger partial charge >= 0.3 is 0 Å². The van der Waals surface area contributed by atoms with E-state index in [1.54, 1.807) is 23.5 Å². The highest BCUT2D eigenvalue weighted by atomic mass is 32.1. The van der Waals surface area contributed by atoms with Crippen molar-refractivity contribution in [3.8, 4) is 0 Å². The summed E-state index contributed by atoms with van der Waals surface area (Å²) in [6.45, 7) is 1.92. The van der Waals surface area contributed by atoms with Crippen molar-refractivity contribution in [3.63, 3.8) is 0 Å². The van der Waals surface area contributed by atoms with Crippen LogP contribution in [0.15, 0.2) is 35.7 Å². The Bertz CT molecular complexity index is 511. The van der Waals surface area contributed by atoms with Crippen molar-refractivity contribution in [2.45, 2.75) is 25.8 Å². The summed E-state index contributed by atoms with van der Waals surface area (Å²) in [4.78, 5) is 1.35. The molecule has 1 N–H and O–H groups in total. The third-order valence-corrected chi connectivity index (χ3v) is 4.26. The lowest BCUT2D eigenvalue weighted by Crippen LogP contribution is -2.11. The SMILES string of the molecule is Cc1cc(F)cc(NC(c2cccs2)C2CC2)c1. The van der Waals surface area contributed by atoms with Gasteiger partial charge in [0.05, 0.1) is 6.04 Å². The molecule has 0 spiro atoms. The predicted molar refractivity (Wildman–Crippen MR) is 74.5 cm³/mol. The topological polar surface area (TPSA) is 12.0 Å². The molecule has 1 atom stereocenters. The molecule has 1 aromatic carbocycles. The van der Waals surface area contributed by atoms with Crippen LogP contribution in [0, 0.1) is 18.7 Å². The first kappa shape index (κ1) is 11.7. The van der Waals surface area contributed by atoms with Gasteiger partial charge in [-0.15, -0.1) is 11.3 Å². The summed E-state index contributed by atoms with van der Waals surface area (Å²) >= 11 is 1.77. The number of rotatable bonds is 4. The molecule has 2 aromatic rings. The fourth-order valence-corrected chi connectivity index (χ4v) is 3.19. The van der Waals surface area contributed by atoms with Crippen molar-refractivity contribution in [2.24, 2.45) is 5.92 Å². The molecule has 1 nitrogen and oxygen atoms in total. The average Bonchev–Trinajstić information content (AvgIpc) is 3.00. The van der Waals surface area contributed by atoms with E-state index in [1.807, 2.05) is 13.0 Å². The van der Waals surface area contributed by atoms with Gasteiger partial charge in [0.25, 0.3) is 0 Å². The summed E-state index contributed by atoms with van der Waals surface area (Å²) in [5.41, 5.74) is 1.84. The van der Waals surface area contributed by atoms with Crippen molar-refractivity contribution in [2.75, 3.05) is 5.32 Å². The first-order chi connectivity index (χ1) is 8.72. The lowest BCUT2D eigenvalue weighted by atomic mass is 10.1. The van der Waals surface area contributed by atoms with Gasteiger partial charge < -0.3 is 5.32 Å². The lowest BCUT2D eigenvalue weighted by Gasteiger charge is -2.18. The Morgan fingerprint density at radius 1 is 1.33 bits per heavy atom. The number of thiophene rings is 1. The standard InChI is InChI=1S/C15H16FNS/c1-10-7-12(16)9-13(8-10)17-15(11-4-5-11)14-3-2-6-18-14/h2-3,6-9,11,15,17H,4-5H2,1H3. The maximum atomic E-state index is 13.4. The Morgan fingerprint density at radius 2 is 2.17 bits per heavy atom. The number of hydrogen-bond donors (Lipinski definition) is 1. The Balaban J connectivity index is 1.84. The quantitative estimate of drug-likeness (QED) is 0.836. The first-order valence-corrected chi connectivity index (χ1v) is 7.17. The van der Waals surface area contributed by atoms with Crippen molar-refractivity contribution < 1.29 is 4.39 Å². The second-order valence-corrected chi connectivity index (χ2v) is 5.97. The zero-order chi connectivity index (χ0) is 12.5. The summed E-state index contributed by atoms with van der Waals surface area (Å²) in [6, 6.07) is 9.72. The van der Waals surface area contributed by atoms with E-state index in [4.69, 9.17) is 0 Å². The fraction of sp³-hybridized carbons (Fsp3) is 0.333. The van der Waals surface area contributed by atoms with Crippen LogP contribution in [0.4, 0.5) is 10.1 Å². The Labute approximate surface area is 111 Å². The van der Waals surface area contributed by atoms with E-state index in [2.05, 4.69) is 22.8 Å². The molecule has 1 aromatic heterocycles. The van der Waals surface area contributed by atoms with Gasteiger partial charge in [-0.2, -0.15) is 0 Å². The predicted octanol–water partition coefficient (Wildman–Crippen LogP) is 4.76. The minimum absolute atomic E-state index is 0.168. The van der Waals surface area contributed by atoms with Crippen LogP contribution in [0.3, 0.4) is 0 Å². The van der Waals surface area contributed by atoms with Crippen molar-refractivity contribution in [1.82, 2.24) is 0 Å². The number of nitrogens with one attached hydrogen (secondary N) is 1. The number of halogens is 1. The molecule has 1 aliphatic carbocycles. The summed E-state index contributed by atoms with van der Waals surface area (Å²) in [5, 5.41) is 5.60. The van der Waals surface area contributed by atoms with Gasteiger partial charge in [0.15, 0.2) is 0 Å². The van der Waals surface area contributed by atoms with E-state index in [-0.39, 0.29) is 5.82 Å². The second kappa shape index (κ2) is 4.73. The molecule has 1 heterocycles. The summed E-state index contributed by atoms with van der Waals surface area (Å²) in [7, 11) is 0. The normalized spacial score (nSPS) is 16.6. The minimum Gasteiger partial charge on any atom is -0.377 e. The molecule has 1 unspecified atom stereocenters. The molecule has 0 aliphatic heterocycles. The molecule has 94 valence electrons. The molecule has 0 amide bonds. The summed E-state index contributed by atoms with van der Waals surface area (Å²) in [6.07, 6.45) is 2.54. The maximum Gasteiger partial charge on any atom is 0.125 e. The van der Waals surface area contributed by atoms with Crippen LogP contribution in [-0.4, -0.2) is 0 Å². The molecule has 18 heavy (non-hydrogen) atoms. The zero-order valence-electron chi connectivity index (χ0n) is 10.3. The van der Waals surface area contributed by atoms with Gasteiger partial charge in [-0.05, 0) is 60.9 Å². The van der Waals surface area contributed by atoms with Crippen LogP contribution in [0.25, 0.3) is 0 Å². The third kappa shape index (κ3) is 2.56. The van der Waals surface area contributed by atoms with E-state index < -0.39 is 0 Å². The second-order valence-electron chi connectivity index (χ2n) is 4.99. The average molecular weight is 261 g/mol. The molecule has 3 rings (SSSR count). The van der Waals surface area contributed by atoms with Crippen molar-refractivity contribution >= 4 is 17.0 Å². The third-order valence-electron chi connectivity index (χ3n) is 3.31. The Morgan fingerprint density at radius 3 is 2.78 bits per heavy atom. The van der Waals surface area contributed by atoms with Gasteiger partial charge in [0.2, 0.25) is 0 Å². The van der Waals surface area contributed by atoms with Crippen molar-refractivity contribution in [3.05, 3.63) is 52.0 Å². The maximum absolute atomic E-state index is 13.4. The molecule has 1 aliphatic rings. The summed E-state index contributed by atoms with van der Waals surface area (Å²) < 4.78 is 13.4. The van der Waals surface area contributed by atoms with Crippen LogP contribution in [-0.2, 0) is 0 Å². The van der Waals surface area contributed by atoms with E-state index in [1.165, 1.54) is 17.7 Å². The molecule has 0 bridgehead atoms. The van der Waals surface area contributed by atoms with Crippen molar-refractivity contribution in [1.29, 1.82) is 0 Å². The van der Waals surface area contributed by atoms with E-state index in [0.29, 0.717) is 12.0 Å². The molecule has 0 saturated heterocycles. The van der Waals surface area contributed by atoms with Crippen LogP contribution < -0.4 is 5.32 Å². The van der Waals surface area contributed by atoms with E-state index in [9.17, 15) is 4.39 Å². The van der Waals surface area contributed by atoms with Crippen LogP contribution >= 0.6 is 11.3 Å². The highest BCUT2D eigenvalue weighted by Crippen LogP contribution is 2.44. The van der Waals surface area contributed by atoms with E-state index in [0.717, 1.165) is 11.3 Å². The number of benzene rings is 1. The zero-order valence-corrected chi connectivity index (χ0v) is 11.1. The molecule has 1 saturated carbocycles. The van der Waals surface area contributed by atoms with Gasteiger partial charge in [-0.25, -0.2) is 4.39 Å². The fourth-order valence-electron chi connectivity index (χ4n) is 2.32. The Kier molecular flexibility index (Phi) is 3.08. The van der Waals surface area contributed by atoms with Crippen LogP contribution in [0.1, 0.15) is 29.3 Å². The summed E-state index contributed by atoms with van der Waals surface area (Å²) in [5.74, 6) is 0.533. The highest BCUT2D eigenvalue weighted by Gasteiger charge is 2.32. The lowest BCUT2D eigenvalue weighted by molar-refractivity contribution is 0.625. The van der Waals surface area contributed by atoms with Gasteiger partial charge in [-0.1, -0.05) is 6.07 Å². The number of aryl methyl sites for hydroxylation is 1. The minimum atomic E-state index is -0.168. The number of anilines is 1. The van der Waals surface area contributed by atoms with Gasteiger partial charge in [-0.3, -0.25) is 0 Å². The van der Waals surface area contributed by atoms with Gasteiger partial charge in [0.1, 0.15) is 5.82 Å². The smallest absolute Gasteiger partial charge is 0.125 e. The van der Waals surface area contributed by atoms with Gasteiger partial charge in [0, 0.05) is 10.6 Å². The Hall–Kier alpha value is -1.35. The molecular formula is C15H16FNS. The molecule has 3 heteroatoms. The molecular weight excluding hydrogens is 245 g/mol. The van der Waals surface area contributed by atoms with Crippen LogP contribution in [0.5, 0.6) is 0 Å². The van der Waals surface area contributed by atoms with E-state index >= 15 is 0 Å². The van der Waals surface area contributed by atoms with Crippen LogP contribution in [0.2, 0.25) is 0 Å².